The topological polar surface area (TPSA) is 52.7 Å². The van der Waals surface area contributed by atoms with Gasteiger partial charge < -0.3 is 10.2 Å². The first-order chi connectivity index (χ1) is 11.9. The van der Waals surface area contributed by atoms with E-state index in [4.69, 9.17) is 12.2 Å². The molecule has 0 saturated carbocycles. The highest BCUT2D eigenvalue weighted by atomic mass is 32.2. The van der Waals surface area contributed by atoms with Gasteiger partial charge >= 0.3 is 0 Å². The van der Waals surface area contributed by atoms with Crippen LogP contribution in [-0.4, -0.2) is 47.9 Å². The molecule has 0 amide bonds. The van der Waals surface area contributed by atoms with E-state index >= 15 is 0 Å². The molecule has 7 heteroatoms. The first kappa shape index (κ1) is 18.6. The summed E-state index contributed by atoms with van der Waals surface area (Å²) in [7, 11) is -3.36. The van der Waals surface area contributed by atoms with Crippen LogP contribution in [0.15, 0.2) is 29.2 Å². The summed E-state index contributed by atoms with van der Waals surface area (Å²) in [6.07, 6.45) is 5.43. The number of anilines is 1. The number of benzene rings is 1. The minimum Gasteiger partial charge on any atom is -0.344 e. The average molecular weight is 382 g/mol. The number of piperidine rings is 1. The molecule has 1 N–H and O–H groups in total. The lowest BCUT2D eigenvalue weighted by Crippen LogP contribution is -2.49. The molecule has 2 atom stereocenters. The van der Waals surface area contributed by atoms with E-state index in [9.17, 15) is 8.42 Å². The summed E-state index contributed by atoms with van der Waals surface area (Å²) in [6, 6.07) is 7.80. The van der Waals surface area contributed by atoms with Crippen LogP contribution in [0.1, 0.15) is 46.0 Å². The Labute approximate surface area is 156 Å². The predicted octanol–water partition coefficient (Wildman–Crippen LogP) is 3.43. The zero-order valence-corrected chi connectivity index (χ0v) is 16.6. The van der Waals surface area contributed by atoms with Crippen molar-refractivity contribution in [3.8, 4) is 0 Å². The van der Waals surface area contributed by atoms with Gasteiger partial charge in [-0.05, 0) is 82.4 Å². The van der Waals surface area contributed by atoms with E-state index in [0.29, 0.717) is 30.1 Å². The minimum atomic E-state index is -3.36. The number of hydrogen-bond acceptors (Lipinski definition) is 3. The predicted molar refractivity (Wildman–Crippen MR) is 105 cm³/mol. The van der Waals surface area contributed by atoms with Gasteiger partial charge in [0, 0.05) is 30.9 Å². The van der Waals surface area contributed by atoms with Crippen molar-refractivity contribution in [2.45, 2.75) is 62.9 Å². The van der Waals surface area contributed by atoms with Crippen molar-refractivity contribution in [2.24, 2.45) is 0 Å². The second-order valence-electron chi connectivity index (χ2n) is 7.10. The normalized spacial score (nSPS) is 25.1. The molecule has 0 bridgehead atoms. The van der Waals surface area contributed by atoms with Crippen molar-refractivity contribution in [3.05, 3.63) is 24.3 Å². The van der Waals surface area contributed by atoms with Crippen molar-refractivity contribution < 1.29 is 8.42 Å². The van der Waals surface area contributed by atoms with Crippen LogP contribution in [0.4, 0.5) is 5.69 Å². The lowest BCUT2D eigenvalue weighted by Gasteiger charge is -2.40. The zero-order chi connectivity index (χ0) is 18.0. The van der Waals surface area contributed by atoms with E-state index in [2.05, 4.69) is 24.1 Å². The summed E-state index contributed by atoms with van der Waals surface area (Å²) in [5, 5.41) is 3.99. The molecule has 138 valence electrons. The summed E-state index contributed by atoms with van der Waals surface area (Å²) >= 11 is 5.59. The molecule has 2 aliphatic rings. The number of thiocarbonyl (C=S) groups is 1. The Morgan fingerprint density at radius 2 is 1.60 bits per heavy atom. The van der Waals surface area contributed by atoms with E-state index in [1.54, 1.807) is 28.6 Å². The van der Waals surface area contributed by atoms with Gasteiger partial charge in [0.05, 0.1) is 4.90 Å². The summed E-state index contributed by atoms with van der Waals surface area (Å²) in [5.41, 5.74) is 0.829. The number of rotatable bonds is 3. The molecule has 0 spiro atoms. The fourth-order valence-corrected chi connectivity index (χ4v) is 5.79. The summed E-state index contributed by atoms with van der Waals surface area (Å²) in [5.74, 6) is 0. The van der Waals surface area contributed by atoms with Gasteiger partial charge in [-0.2, -0.15) is 4.31 Å². The molecule has 2 saturated heterocycles. The van der Waals surface area contributed by atoms with Crippen LogP contribution in [0.3, 0.4) is 0 Å². The SMILES string of the molecule is C[C@@H]1CCC[C@@H](C)N1C(=S)Nc1ccc(S(=O)(=O)N2CCCC2)cc1. The van der Waals surface area contributed by atoms with Gasteiger partial charge in [0.25, 0.3) is 0 Å². The molecule has 25 heavy (non-hydrogen) atoms. The molecule has 1 aromatic rings. The highest BCUT2D eigenvalue weighted by Crippen LogP contribution is 2.25. The number of nitrogens with one attached hydrogen (secondary N) is 1. The van der Waals surface area contributed by atoms with Crippen molar-refractivity contribution in [1.82, 2.24) is 9.21 Å². The van der Waals surface area contributed by atoms with E-state index in [1.165, 1.54) is 6.42 Å². The van der Waals surface area contributed by atoms with Crippen molar-refractivity contribution >= 4 is 33.0 Å². The molecular formula is C18H27N3O2S2. The van der Waals surface area contributed by atoms with Gasteiger partial charge in [-0.1, -0.05) is 0 Å². The Hall–Kier alpha value is -1.18. The molecule has 2 heterocycles. The fourth-order valence-electron chi connectivity index (χ4n) is 3.80. The van der Waals surface area contributed by atoms with Gasteiger partial charge in [-0.15, -0.1) is 0 Å². The third-order valence-electron chi connectivity index (χ3n) is 5.24. The van der Waals surface area contributed by atoms with Gasteiger partial charge in [0.15, 0.2) is 5.11 Å². The second-order valence-corrected chi connectivity index (χ2v) is 9.43. The first-order valence-electron chi connectivity index (χ1n) is 9.09. The van der Waals surface area contributed by atoms with Gasteiger partial charge in [0.1, 0.15) is 0 Å². The number of nitrogens with zero attached hydrogens (tertiary/aromatic N) is 2. The molecule has 1 aromatic carbocycles. The summed E-state index contributed by atoms with van der Waals surface area (Å²) in [4.78, 5) is 2.61. The number of likely N-dealkylation sites (tertiary alicyclic amines) is 1. The Kier molecular flexibility index (Phi) is 5.65. The molecule has 2 fully saturated rings. The number of hydrogen-bond donors (Lipinski definition) is 1. The van der Waals surface area contributed by atoms with Gasteiger partial charge in [-0.25, -0.2) is 8.42 Å². The molecule has 0 unspecified atom stereocenters. The quantitative estimate of drug-likeness (QED) is 0.813. The molecule has 0 aromatic heterocycles. The van der Waals surface area contributed by atoms with Crippen LogP contribution in [0.2, 0.25) is 0 Å². The largest absolute Gasteiger partial charge is 0.344 e. The zero-order valence-electron chi connectivity index (χ0n) is 14.9. The molecule has 0 radical (unpaired) electrons. The summed E-state index contributed by atoms with van der Waals surface area (Å²) in [6.45, 7) is 5.65. The third kappa shape index (κ3) is 3.99. The first-order valence-corrected chi connectivity index (χ1v) is 10.9. The Bertz CT molecular complexity index is 702. The molecule has 3 rings (SSSR count). The van der Waals surface area contributed by atoms with Crippen molar-refractivity contribution in [1.29, 1.82) is 0 Å². The van der Waals surface area contributed by atoms with Gasteiger partial charge in [0.2, 0.25) is 10.0 Å². The third-order valence-corrected chi connectivity index (χ3v) is 7.46. The number of sulfonamides is 1. The molecule has 0 aliphatic carbocycles. The fraction of sp³-hybridized carbons (Fsp3) is 0.611. The lowest BCUT2D eigenvalue weighted by molar-refractivity contribution is 0.194. The van der Waals surface area contributed by atoms with Crippen LogP contribution < -0.4 is 5.32 Å². The molecule has 2 aliphatic heterocycles. The standard InChI is InChI=1S/C18H27N3O2S2/c1-14-6-5-7-15(2)21(14)18(24)19-16-8-10-17(11-9-16)25(22,23)20-12-3-4-13-20/h8-11,14-15H,3-7,12-13H2,1-2H3,(H,19,24)/t14-,15-/m1/s1. The smallest absolute Gasteiger partial charge is 0.243 e. The van der Waals surface area contributed by atoms with Crippen molar-refractivity contribution in [2.75, 3.05) is 18.4 Å². The maximum absolute atomic E-state index is 12.6. The second kappa shape index (κ2) is 7.60. The average Bonchev–Trinajstić information content (AvgIpc) is 3.10. The van der Waals surface area contributed by atoms with Crippen molar-refractivity contribution in [3.63, 3.8) is 0 Å². The Balaban J connectivity index is 1.69. The Morgan fingerprint density at radius 3 is 2.16 bits per heavy atom. The van der Waals surface area contributed by atoms with E-state index in [1.807, 2.05) is 0 Å². The minimum absolute atomic E-state index is 0.352. The van der Waals surface area contributed by atoms with E-state index < -0.39 is 10.0 Å². The highest BCUT2D eigenvalue weighted by Gasteiger charge is 2.28. The molecule has 5 nitrogen and oxygen atoms in total. The maximum atomic E-state index is 12.6. The van der Waals surface area contributed by atoms with E-state index in [-0.39, 0.29) is 0 Å². The molecular weight excluding hydrogens is 354 g/mol. The van der Waals surface area contributed by atoms with Crippen LogP contribution >= 0.6 is 12.2 Å². The highest BCUT2D eigenvalue weighted by molar-refractivity contribution is 7.89. The van der Waals surface area contributed by atoms with Crippen LogP contribution in [-0.2, 0) is 10.0 Å². The van der Waals surface area contributed by atoms with Crippen LogP contribution in [0.5, 0.6) is 0 Å². The lowest BCUT2D eigenvalue weighted by atomic mass is 9.98. The van der Waals surface area contributed by atoms with Crippen LogP contribution in [0.25, 0.3) is 0 Å². The van der Waals surface area contributed by atoms with Crippen LogP contribution in [0, 0.1) is 0 Å². The van der Waals surface area contributed by atoms with Gasteiger partial charge in [-0.3, -0.25) is 0 Å². The maximum Gasteiger partial charge on any atom is 0.243 e. The summed E-state index contributed by atoms with van der Waals surface area (Å²) < 4.78 is 26.7. The van der Waals surface area contributed by atoms with E-state index in [0.717, 1.165) is 36.5 Å². The Morgan fingerprint density at radius 1 is 1.04 bits per heavy atom. The monoisotopic (exact) mass is 381 g/mol.